The van der Waals surface area contributed by atoms with Crippen LogP contribution in [-0.2, 0) is 6.42 Å². The van der Waals surface area contributed by atoms with Gasteiger partial charge in [0, 0.05) is 24.9 Å². The molecule has 27 heavy (non-hydrogen) atoms. The van der Waals surface area contributed by atoms with Crippen LogP contribution < -0.4 is 5.32 Å². The number of carbonyl (C=O) groups excluding carboxylic acids is 1. The van der Waals surface area contributed by atoms with E-state index in [0.29, 0.717) is 23.6 Å². The molecule has 1 aromatic heterocycles. The minimum Gasteiger partial charge on any atom is -0.337 e. The Hall–Kier alpha value is -1.21. The van der Waals surface area contributed by atoms with Gasteiger partial charge in [-0.2, -0.15) is 0 Å². The van der Waals surface area contributed by atoms with Gasteiger partial charge in [0.2, 0.25) is 0 Å². The summed E-state index contributed by atoms with van der Waals surface area (Å²) >= 11 is 1.42. The molecule has 1 saturated heterocycles. The Morgan fingerprint density at radius 3 is 2.67 bits per heavy atom. The zero-order chi connectivity index (χ0) is 17.6. The summed E-state index contributed by atoms with van der Waals surface area (Å²) < 4.78 is 13.8. The van der Waals surface area contributed by atoms with E-state index in [2.05, 4.69) is 10.3 Å². The monoisotopic (exact) mass is 433 g/mol. The minimum absolute atomic E-state index is 0. The third-order valence-corrected chi connectivity index (χ3v) is 5.62. The van der Waals surface area contributed by atoms with E-state index < -0.39 is 0 Å². The van der Waals surface area contributed by atoms with Gasteiger partial charge in [-0.3, -0.25) is 4.79 Å². The highest BCUT2D eigenvalue weighted by Crippen LogP contribution is 2.23. The van der Waals surface area contributed by atoms with Crippen LogP contribution in [0.25, 0.3) is 0 Å². The largest absolute Gasteiger partial charge is 0.337 e. The van der Waals surface area contributed by atoms with Gasteiger partial charge in [0.15, 0.2) is 0 Å². The summed E-state index contributed by atoms with van der Waals surface area (Å²) in [6.45, 7) is 2.63. The Morgan fingerprint density at radius 2 is 2.00 bits per heavy atom. The Kier molecular flexibility index (Phi) is 10.2. The molecule has 2 aromatic rings. The second-order valence-electron chi connectivity index (χ2n) is 6.52. The molecule has 1 aromatic carbocycles. The molecule has 0 spiro atoms. The number of likely N-dealkylation sites (tertiary alicyclic amines) is 1. The van der Waals surface area contributed by atoms with Crippen LogP contribution >= 0.6 is 36.2 Å². The molecular weight excluding hydrogens is 408 g/mol. The first kappa shape index (κ1) is 23.8. The minimum atomic E-state index is -0.228. The van der Waals surface area contributed by atoms with Crippen LogP contribution in [-0.4, -0.2) is 42.5 Å². The standard InChI is InChI=1S/C19H24FN3OS.2ClH/c1-21-9-6-14-7-10-23(11-8-14)19(24)17-13-25-18(22-17)12-15-4-2-3-5-16(15)20;;/h2-5,13-14,21H,6-12H2,1H3;2*1H. The maximum absolute atomic E-state index is 13.8. The molecule has 0 saturated carbocycles. The normalized spacial score (nSPS) is 14.4. The van der Waals surface area contributed by atoms with Gasteiger partial charge >= 0.3 is 0 Å². The van der Waals surface area contributed by atoms with E-state index in [0.717, 1.165) is 37.5 Å². The second-order valence-corrected chi connectivity index (χ2v) is 7.47. The summed E-state index contributed by atoms with van der Waals surface area (Å²) in [7, 11) is 1.97. The summed E-state index contributed by atoms with van der Waals surface area (Å²) in [4.78, 5) is 19.0. The molecule has 0 aliphatic carbocycles. The van der Waals surface area contributed by atoms with E-state index in [4.69, 9.17) is 0 Å². The van der Waals surface area contributed by atoms with E-state index in [-0.39, 0.29) is 36.5 Å². The van der Waals surface area contributed by atoms with Crippen molar-refractivity contribution in [3.63, 3.8) is 0 Å². The number of carbonyl (C=O) groups is 1. The van der Waals surface area contributed by atoms with Crippen molar-refractivity contribution in [3.05, 3.63) is 51.7 Å². The predicted molar refractivity (Wildman–Crippen MR) is 113 cm³/mol. The van der Waals surface area contributed by atoms with Crippen LogP contribution in [0.15, 0.2) is 29.6 Å². The summed E-state index contributed by atoms with van der Waals surface area (Å²) in [6.07, 6.45) is 3.71. The van der Waals surface area contributed by atoms with E-state index in [1.54, 1.807) is 17.5 Å². The maximum atomic E-state index is 13.8. The van der Waals surface area contributed by atoms with Crippen molar-refractivity contribution in [2.75, 3.05) is 26.7 Å². The number of hydrogen-bond donors (Lipinski definition) is 1. The molecular formula is C19H26Cl2FN3OS. The molecule has 1 aliphatic rings. The predicted octanol–water partition coefficient (Wildman–Crippen LogP) is 4.18. The van der Waals surface area contributed by atoms with Crippen LogP contribution in [0.4, 0.5) is 4.39 Å². The number of nitrogens with zero attached hydrogens (tertiary/aromatic N) is 2. The average Bonchev–Trinajstić information content (AvgIpc) is 3.10. The highest BCUT2D eigenvalue weighted by Gasteiger charge is 2.24. The fourth-order valence-electron chi connectivity index (χ4n) is 3.23. The third kappa shape index (κ3) is 6.42. The Balaban J connectivity index is 0.00000182. The molecule has 0 radical (unpaired) electrons. The van der Waals surface area contributed by atoms with Crippen molar-refractivity contribution in [2.24, 2.45) is 5.92 Å². The first-order chi connectivity index (χ1) is 12.2. The Morgan fingerprint density at radius 1 is 1.30 bits per heavy atom. The molecule has 4 nitrogen and oxygen atoms in total. The Bertz CT molecular complexity index is 720. The molecule has 3 rings (SSSR count). The smallest absolute Gasteiger partial charge is 0.273 e. The molecule has 150 valence electrons. The van der Waals surface area contributed by atoms with Crippen LogP contribution in [0, 0.1) is 11.7 Å². The molecule has 1 N–H and O–H groups in total. The molecule has 1 fully saturated rings. The number of piperidine rings is 1. The Labute approximate surface area is 176 Å². The lowest BCUT2D eigenvalue weighted by atomic mass is 9.93. The van der Waals surface area contributed by atoms with Gasteiger partial charge < -0.3 is 10.2 Å². The van der Waals surface area contributed by atoms with Gasteiger partial charge in [-0.15, -0.1) is 36.2 Å². The highest BCUT2D eigenvalue weighted by atomic mass is 35.5. The van der Waals surface area contributed by atoms with Crippen molar-refractivity contribution >= 4 is 42.1 Å². The molecule has 2 heterocycles. The maximum Gasteiger partial charge on any atom is 0.273 e. The average molecular weight is 434 g/mol. The molecule has 0 unspecified atom stereocenters. The number of thiazole rings is 1. The van der Waals surface area contributed by atoms with E-state index in [9.17, 15) is 9.18 Å². The van der Waals surface area contributed by atoms with Crippen molar-refractivity contribution < 1.29 is 9.18 Å². The van der Waals surface area contributed by atoms with Crippen molar-refractivity contribution in [1.29, 1.82) is 0 Å². The number of aromatic nitrogens is 1. The van der Waals surface area contributed by atoms with Crippen molar-refractivity contribution in [2.45, 2.75) is 25.7 Å². The van der Waals surface area contributed by atoms with Crippen LogP contribution in [0.3, 0.4) is 0 Å². The van der Waals surface area contributed by atoms with Gasteiger partial charge in [-0.05, 0) is 50.4 Å². The number of rotatable bonds is 6. The van der Waals surface area contributed by atoms with Crippen LogP contribution in [0.1, 0.15) is 40.3 Å². The van der Waals surface area contributed by atoms with Gasteiger partial charge in [0.1, 0.15) is 11.5 Å². The zero-order valence-corrected chi connectivity index (χ0v) is 17.8. The van der Waals surface area contributed by atoms with Gasteiger partial charge in [-0.1, -0.05) is 18.2 Å². The number of halogens is 3. The molecule has 1 aliphatic heterocycles. The second kappa shape index (κ2) is 11.6. The lowest BCUT2D eigenvalue weighted by Gasteiger charge is -2.31. The number of nitrogens with one attached hydrogen (secondary N) is 1. The quantitative estimate of drug-likeness (QED) is 0.742. The van der Waals surface area contributed by atoms with Gasteiger partial charge in [-0.25, -0.2) is 9.37 Å². The van der Waals surface area contributed by atoms with E-state index in [1.807, 2.05) is 18.0 Å². The summed E-state index contributed by atoms with van der Waals surface area (Å²) in [5.41, 5.74) is 1.10. The molecule has 1 amide bonds. The first-order valence-electron chi connectivity index (χ1n) is 8.79. The van der Waals surface area contributed by atoms with Crippen LogP contribution in [0.2, 0.25) is 0 Å². The topological polar surface area (TPSA) is 45.2 Å². The van der Waals surface area contributed by atoms with Crippen molar-refractivity contribution in [1.82, 2.24) is 15.2 Å². The SMILES string of the molecule is CNCCC1CCN(C(=O)c2csc(Cc3ccccc3F)n2)CC1.Cl.Cl. The molecule has 0 atom stereocenters. The lowest BCUT2D eigenvalue weighted by Crippen LogP contribution is -2.39. The van der Waals surface area contributed by atoms with E-state index in [1.165, 1.54) is 23.8 Å². The molecule has 8 heteroatoms. The van der Waals surface area contributed by atoms with Gasteiger partial charge in [0.25, 0.3) is 5.91 Å². The fraction of sp³-hybridized carbons (Fsp3) is 0.474. The summed E-state index contributed by atoms with van der Waals surface area (Å²) in [5.74, 6) is 0.473. The third-order valence-electron chi connectivity index (χ3n) is 4.77. The zero-order valence-electron chi connectivity index (χ0n) is 15.3. The lowest BCUT2D eigenvalue weighted by molar-refractivity contribution is 0.0682. The van der Waals surface area contributed by atoms with E-state index >= 15 is 0 Å². The first-order valence-corrected chi connectivity index (χ1v) is 9.67. The number of amides is 1. The fourth-order valence-corrected chi connectivity index (χ4v) is 4.02. The highest BCUT2D eigenvalue weighted by molar-refractivity contribution is 7.09. The summed E-state index contributed by atoms with van der Waals surface area (Å²) in [6, 6.07) is 6.70. The molecule has 0 bridgehead atoms. The number of benzene rings is 1. The summed E-state index contributed by atoms with van der Waals surface area (Å²) in [5, 5.41) is 5.76. The van der Waals surface area contributed by atoms with Gasteiger partial charge in [0.05, 0.1) is 5.01 Å². The van der Waals surface area contributed by atoms with Crippen molar-refractivity contribution in [3.8, 4) is 0 Å². The number of hydrogen-bond acceptors (Lipinski definition) is 4. The van der Waals surface area contributed by atoms with Crippen LogP contribution in [0.5, 0.6) is 0 Å².